The summed E-state index contributed by atoms with van der Waals surface area (Å²) in [6.45, 7) is 4.17. The summed E-state index contributed by atoms with van der Waals surface area (Å²) in [6.07, 6.45) is 15.3. The van der Waals surface area contributed by atoms with E-state index in [0.717, 1.165) is 44.9 Å². The van der Waals surface area contributed by atoms with Gasteiger partial charge in [-0.2, -0.15) is 8.78 Å². The van der Waals surface area contributed by atoms with Crippen LogP contribution < -0.4 is 4.74 Å². The largest absolute Gasteiger partial charge is 0.420 e. The van der Waals surface area contributed by atoms with Crippen LogP contribution in [0.1, 0.15) is 135 Å². The Hall–Kier alpha value is -2.65. The molecule has 0 amide bonds. The van der Waals surface area contributed by atoms with Crippen LogP contribution in [0.5, 0.6) is 5.75 Å². The van der Waals surface area contributed by atoms with Gasteiger partial charge in [-0.3, -0.25) is 4.79 Å². The lowest BCUT2D eigenvalue weighted by atomic mass is 9.79. The summed E-state index contributed by atoms with van der Waals surface area (Å²) in [4.78, 5) is 12.7. The van der Waals surface area contributed by atoms with Crippen molar-refractivity contribution in [1.82, 2.24) is 0 Å². The molecule has 0 atom stereocenters. The maximum atomic E-state index is 15.1. The van der Waals surface area contributed by atoms with Crippen LogP contribution in [-0.4, -0.2) is 5.97 Å². The second-order valence-corrected chi connectivity index (χ2v) is 12.6. The number of rotatable bonds is 18. The third-order valence-electron chi connectivity index (χ3n) is 9.21. The minimum Gasteiger partial charge on any atom is -0.420 e. The van der Waals surface area contributed by atoms with Crippen LogP contribution in [0, 0.1) is 58.4 Å². The summed E-state index contributed by atoms with van der Waals surface area (Å²) in [5.74, 6) is -20.5. The Morgan fingerprint density at radius 1 is 0.543 bits per heavy atom. The van der Waals surface area contributed by atoms with Gasteiger partial charge in [0.25, 0.3) is 0 Å². The van der Waals surface area contributed by atoms with Crippen LogP contribution in [0.25, 0.3) is 11.1 Å². The molecule has 0 bridgehead atoms. The summed E-state index contributed by atoms with van der Waals surface area (Å²) < 4.78 is 125. The Labute approximate surface area is 267 Å². The quantitative estimate of drug-likeness (QED) is 0.0522. The zero-order valence-electron chi connectivity index (χ0n) is 26.9. The fourth-order valence-corrected chi connectivity index (χ4v) is 6.38. The van der Waals surface area contributed by atoms with E-state index in [2.05, 4.69) is 6.92 Å². The zero-order valence-corrected chi connectivity index (χ0v) is 26.9. The first-order valence-corrected chi connectivity index (χ1v) is 17.0. The molecule has 10 heteroatoms. The molecule has 1 aliphatic carbocycles. The molecule has 0 aromatic heterocycles. The molecule has 0 saturated heterocycles. The minimum absolute atomic E-state index is 0.197. The Morgan fingerprint density at radius 3 is 1.43 bits per heavy atom. The van der Waals surface area contributed by atoms with E-state index in [9.17, 15) is 31.1 Å². The van der Waals surface area contributed by atoms with E-state index in [1.54, 1.807) is 0 Å². The highest BCUT2D eigenvalue weighted by Gasteiger charge is 2.36. The minimum atomic E-state index is -2.35. The molecule has 46 heavy (non-hydrogen) atoms. The number of esters is 1. The SMILES string of the molecule is CCCCCCCCC[C@H]1CC[C@H](C(=O)Oc2c(F)c(F)c(-c3c(F)c(F)c(CCCCCCCC)c(F)c3F)c(F)c2F)CC1. The fourth-order valence-electron chi connectivity index (χ4n) is 6.38. The van der Waals surface area contributed by atoms with Gasteiger partial charge in [0.05, 0.1) is 17.0 Å². The standard InChI is InChI=1S/C36H46F8O2/c1-3-5-7-9-11-12-14-16-22-18-20-23(21-19-22)36(45)46-35-33(43)31(41)26(32(42)34(35)44)25-29(39)27(37)24(28(38)30(25)40)17-15-13-10-8-6-4-2/h22-23H,3-21H2,1-2H3/t22-,23-. The Kier molecular flexibility index (Phi) is 15.3. The average Bonchev–Trinajstić information content (AvgIpc) is 3.05. The lowest BCUT2D eigenvalue weighted by molar-refractivity contribution is -0.140. The van der Waals surface area contributed by atoms with E-state index < -0.39 is 80.9 Å². The van der Waals surface area contributed by atoms with Crippen LogP contribution in [-0.2, 0) is 11.2 Å². The van der Waals surface area contributed by atoms with Crippen molar-refractivity contribution < 1.29 is 44.7 Å². The van der Waals surface area contributed by atoms with Gasteiger partial charge in [-0.15, -0.1) is 0 Å². The van der Waals surface area contributed by atoms with Crippen molar-refractivity contribution in [2.45, 2.75) is 136 Å². The number of benzene rings is 2. The molecule has 1 fully saturated rings. The Balaban J connectivity index is 1.70. The third-order valence-corrected chi connectivity index (χ3v) is 9.21. The number of halogens is 8. The van der Waals surface area contributed by atoms with E-state index >= 15 is 8.78 Å². The first kappa shape index (κ1) is 37.8. The van der Waals surface area contributed by atoms with E-state index in [1.807, 2.05) is 6.92 Å². The van der Waals surface area contributed by atoms with Crippen molar-refractivity contribution in [3.05, 3.63) is 52.1 Å². The number of carbonyl (C=O) groups is 1. The summed E-state index contributed by atoms with van der Waals surface area (Å²) in [6, 6.07) is 0. The zero-order chi connectivity index (χ0) is 33.8. The molecule has 1 aliphatic rings. The van der Waals surface area contributed by atoms with Gasteiger partial charge in [0.1, 0.15) is 0 Å². The molecule has 3 rings (SSSR count). The molecular formula is C36H46F8O2. The van der Waals surface area contributed by atoms with Crippen molar-refractivity contribution in [2.75, 3.05) is 0 Å². The monoisotopic (exact) mass is 662 g/mol. The molecule has 1 saturated carbocycles. The second kappa shape index (κ2) is 18.6. The molecule has 0 spiro atoms. The van der Waals surface area contributed by atoms with Crippen molar-refractivity contribution in [3.8, 4) is 16.9 Å². The molecule has 0 N–H and O–H groups in total. The maximum Gasteiger partial charge on any atom is 0.314 e. The maximum absolute atomic E-state index is 15.1. The number of carbonyl (C=O) groups excluding carboxylic acids is 1. The van der Waals surface area contributed by atoms with Gasteiger partial charge in [0.15, 0.2) is 34.9 Å². The van der Waals surface area contributed by atoms with E-state index in [-0.39, 0.29) is 12.8 Å². The van der Waals surface area contributed by atoms with Crippen molar-refractivity contribution in [1.29, 1.82) is 0 Å². The summed E-state index contributed by atoms with van der Waals surface area (Å²) in [5.41, 5.74) is -4.86. The normalized spacial score (nSPS) is 16.7. The van der Waals surface area contributed by atoms with Crippen LogP contribution >= 0.6 is 0 Å². The average molecular weight is 663 g/mol. The molecule has 0 heterocycles. The van der Waals surface area contributed by atoms with Gasteiger partial charge in [-0.1, -0.05) is 97.3 Å². The third kappa shape index (κ3) is 9.46. The number of hydrogen-bond donors (Lipinski definition) is 0. The predicted octanol–water partition coefficient (Wildman–Crippen LogP) is 12.2. The van der Waals surface area contributed by atoms with Gasteiger partial charge in [0, 0.05) is 5.56 Å². The van der Waals surface area contributed by atoms with Crippen molar-refractivity contribution in [2.24, 2.45) is 11.8 Å². The van der Waals surface area contributed by atoms with Gasteiger partial charge in [-0.05, 0) is 44.4 Å². The van der Waals surface area contributed by atoms with E-state index in [4.69, 9.17) is 4.74 Å². The van der Waals surface area contributed by atoms with Crippen LogP contribution in [0.2, 0.25) is 0 Å². The molecule has 0 radical (unpaired) electrons. The van der Waals surface area contributed by atoms with Crippen LogP contribution in [0.3, 0.4) is 0 Å². The molecule has 258 valence electrons. The first-order valence-electron chi connectivity index (χ1n) is 17.0. The molecule has 2 nitrogen and oxygen atoms in total. The predicted molar refractivity (Wildman–Crippen MR) is 162 cm³/mol. The molecule has 0 aliphatic heterocycles. The lowest BCUT2D eigenvalue weighted by Gasteiger charge is -2.27. The Morgan fingerprint density at radius 2 is 0.957 bits per heavy atom. The van der Waals surface area contributed by atoms with Gasteiger partial charge in [0.2, 0.25) is 17.4 Å². The van der Waals surface area contributed by atoms with E-state index in [0.29, 0.717) is 38.0 Å². The highest BCUT2D eigenvalue weighted by molar-refractivity contribution is 5.76. The number of hydrogen-bond acceptors (Lipinski definition) is 2. The topological polar surface area (TPSA) is 26.3 Å². The van der Waals surface area contributed by atoms with Gasteiger partial charge >= 0.3 is 5.97 Å². The highest BCUT2D eigenvalue weighted by Crippen LogP contribution is 2.41. The van der Waals surface area contributed by atoms with Crippen molar-refractivity contribution in [3.63, 3.8) is 0 Å². The fraction of sp³-hybridized carbons (Fsp3) is 0.639. The van der Waals surface area contributed by atoms with Gasteiger partial charge < -0.3 is 4.74 Å². The van der Waals surface area contributed by atoms with Crippen LogP contribution in [0.4, 0.5) is 35.1 Å². The number of unbranched alkanes of at least 4 members (excludes halogenated alkanes) is 11. The van der Waals surface area contributed by atoms with Crippen molar-refractivity contribution >= 4 is 5.97 Å². The molecular weight excluding hydrogens is 616 g/mol. The molecule has 2 aromatic rings. The van der Waals surface area contributed by atoms with Crippen LogP contribution in [0.15, 0.2) is 0 Å². The summed E-state index contributed by atoms with van der Waals surface area (Å²) in [5, 5.41) is 0. The first-order chi connectivity index (χ1) is 22.0. The lowest BCUT2D eigenvalue weighted by Crippen LogP contribution is -2.26. The van der Waals surface area contributed by atoms with Gasteiger partial charge in [-0.25, -0.2) is 26.3 Å². The molecule has 0 unspecified atom stereocenters. The number of ether oxygens (including phenoxy) is 1. The Bertz CT molecular complexity index is 1250. The highest BCUT2D eigenvalue weighted by atomic mass is 19.2. The molecule has 2 aromatic carbocycles. The summed E-state index contributed by atoms with van der Waals surface area (Å²) in [7, 11) is 0. The van der Waals surface area contributed by atoms with E-state index in [1.165, 1.54) is 32.1 Å². The summed E-state index contributed by atoms with van der Waals surface area (Å²) >= 11 is 0. The second-order valence-electron chi connectivity index (χ2n) is 12.6. The smallest absolute Gasteiger partial charge is 0.314 e.